The van der Waals surface area contributed by atoms with E-state index in [9.17, 15) is 19.5 Å². The number of aromatic amines is 1. The molecule has 9 heteroatoms. The third-order valence-electron chi connectivity index (χ3n) is 4.80. The number of H-pyrrole nitrogens is 1. The summed E-state index contributed by atoms with van der Waals surface area (Å²) < 4.78 is 0.990. The van der Waals surface area contributed by atoms with Crippen LogP contribution in [0, 0.1) is 0 Å². The van der Waals surface area contributed by atoms with E-state index in [1.165, 1.54) is 18.0 Å². The van der Waals surface area contributed by atoms with Crippen molar-refractivity contribution in [2.45, 2.75) is 25.9 Å². The molecule has 0 spiro atoms. The third kappa shape index (κ3) is 3.71. The summed E-state index contributed by atoms with van der Waals surface area (Å²) in [6, 6.07) is 7.24. The molecule has 1 aromatic heterocycles. The number of amides is 1. The molecule has 0 radical (unpaired) electrons. The predicted molar refractivity (Wildman–Crippen MR) is 110 cm³/mol. The van der Waals surface area contributed by atoms with E-state index in [2.05, 4.69) is 16.7 Å². The van der Waals surface area contributed by atoms with E-state index >= 15 is 0 Å². The first-order valence-electron chi connectivity index (χ1n) is 9.06. The van der Waals surface area contributed by atoms with E-state index in [1.807, 2.05) is 43.3 Å². The molecule has 2 N–H and O–H groups in total. The van der Waals surface area contributed by atoms with Crippen LogP contribution in [0.4, 0.5) is 5.69 Å². The Hall–Kier alpha value is -3.62. The van der Waals surface area contributed by atoms with Gasteiger partial charge >= 0.3 is 5.69 Å². The van der Waals surface area contributed by atoms with Gasteiger partial charge in [-0.2, -0.15) is 5.10 Å². The second-order valence-corrected chi connectivity index (χ2v) is 6.97. The molecule has 0 saturated heterocycles. The van der Waals surface area contributed by atoms with Gasteiger partial charge in [0.25, 0.3) is 5.56 Å². The standard InChI is InChI=1S/C20H23N5O4/c1-5-10-24-19(28)17(18(27)21-20(24)29)15-11-16(25(22-15)12(2)26)13-6-8-14(9-7-13)23(3)4/h5-9,16,28H,1,10-11H2,2-4H3,(H,21,27,29). The van der Waals surface area contributed by atoms with Crippen molar-refractivity contribution in [3.05, 3.63) is 68.9 Å². The van der Waals surface area contributed by atoms with Gasteiger partial charge in [-0.3, -0.25) is 19.1 Å². The summed E-state index contributed by atoms with van der Waals surface area (Å²) in [7, 11) is 3.86. The lowest BCUT2D eigenvalue weighted by Gasteiger charge is -2.21. The second kappa shape index (κ2) is 7.78. The second-order valence-electron chi connectivity index (χ2n) is 6.97. The lowest BCUT2D eigenvalue weighted by molar-refractivity contribution is -0.130. The Morgan fingerprint density at radius 3 is 2.55 bits per heavy atom. The highest BCUT2D eigenvalue weighted by atomic mass is 16.3. The minimum atomic E-state index is -0.751. The van der Waals surface area contributed by atoms with Crippen molar-refractivity contribution in [2.75, 3.05) is 19.0 Å². The average molecular weight is 397 g/mol. The summed E-state index contributed by atoms with van der Waals surface area (Å²) in [6.45, 7) is 4.95. The number of hydrogen-bond acceptors (Lipinski definition) is 6. The fourth-order valence-electron chi connectivity index (χ4n) is 3.32. The van der Waals surface area contributed by atoms with Gasteiger partial charge in [0.1, 0.15) is 5.56 Å². The Morgan fingerprint density at radius 2 is 2.00 bits per heavy atom. The zero-order valence-electron chi connectivity index (χ0n) is 16.5. The van der Waals surface area contributed by atoms with Crippen molar-refractivity contribution < 1.29 is 9.90 Å². The van der Waals surface area contributed by atoms with Crippen LogP contribution in [-0.4, -0.2) is 45.4 Å². The van der Waals surface area contributed by atoms with Crippen molar-refractivity contribution in [2.24, 2.45) is 5.10 Å². The molecular weight excluding hydrogens is 374 g/mol. The van der Waals surface area contributed by atoms with E-state index < -0.39 is 23.2 Å². The summed E-state index contributed by atoms with van der Waals surface area (Å²) in [5, 5.41) is 16.1. The van der Waals surface area contributed by atoms with Crippen molar-refractivity contribution in [1.29, 1.82) is 0 Å². The number of hydrazone groups is 1. The number of rotatable bonds is 5. The van der Waals surface area contributed by atoms with E-state index in [1.54, 1.807) is 0 Å². The Labute approximate surface area is 167 Å². The number of hydrogen-bond donors (Lipinski definition) is 2. The number of benzene rings is 1. The summed E-state index contributed by atoms with van der Waals surface area (Å²) in [4.78, 5) is 40.7. The quantitative estimate of drug-likeness (QED) is 0.737. The molecular formula is C20H23N5O4. The predicted octanol–water partition coefficient (Wildman–Crippen LogP) is 1.19. The van der Waals surface area contributed by atoms with Crippen LogP contribution < -0.4 is 16.1 Å². The molecule has 1 amide bonds. The zero-order valence-corrected chi connectivity index (χ0v) is 16.5. The number of carbonyl (C=O) groups excluding carboxylic acids is 1. The maximum absolute atomic E-state index is 12.4. The fourth-order valence-corrected chi connectivity index (χ4v) is 3.32. The van der Waals surface area contributed by atoms with Crippen LogP contribution >= 0.6 is 0 Å². The Balaban J connectivity index is 2.05. The molecule has 0 fully saturated rings. The minimum Gasteiger partial charge on any atom is -0.494 e. The molecule has 1 aromatic carbocycles. The molecule has 9 nitrogen and oxygen atoms in total. The molecule has 2 heterocycles. The molecule has 1 aliphatic rings. The van der Waals surface area contributed by atoms with Crippen molar-refractivity contribution in [3.8, 4) is 5.88 Å². The lowest BCUT2D eigenvalue weighted by Crippen LogP contribution is -2.33. The third-order valence-corrected chi connectivity index (χ3v) is 4.80. The normalized spacial score (nSPS) is 15.9. The van der Waals surface area contributed by atoms with Gasteiger partial charge in [0.15, 0.2) is 0 Å². The molecule has 1 atom stereocenters. The van der Waals surface area contributed by atoms with Crippen LogP contribution in [0.25, 0.3) is 0 Å². The van der Waals surface area contributed by atoms with Crippen molar-refractivity contribution in [1.82, 2.24) is 14.6 Å². The lowest BCUT2D eigenvalue weighted by atomic mass is 9.99. The molecule has 29 heavy (non-hydrogen) atoms. The van der Waals surface area contributed by atoms with E-state index in [-0.39, 0.29) is 30.1 Å². The van der Waals surface area contributed by atoms with E-state index in [0.717, 1.165) is 15.8 Å². The van der Waals surface area contributed by atoms with E-state index in [0.29, 0.717) is 0 Å². The Bertz CT molecular complexity index is 1100. The molecule has 0 bridgehead atoms. The summed E-state index contributed by atoms with van der Waals surface area (Å²) in [5.41, 5.74) is 0.476. The molecule has 0 saturated carbocycles. The Morgan fingerprint density at radius 1 is 1.34 bits per heavy atom. The van der Waals surface area contributed by atoms with Gasteiger partial charge in [-0.15, -0.1) is 6.58 Å². The van der Waals surface area contributed by atoms with Crippen molar-refractivity contribution in [3.63, 3.8) is 0 Å². The van der Waals surface area contributed by atoms with Gasteiger partial charge in [-0.25, -0.2) is 9.80 Å². The molecule has 1 unspecified atom stereocenters. The first kappa shape index (κ1) is 20.1. The van der Waals surface area contributed by atoms with Gasteiger partial charge in [0, 0.05) is 39.7 Å². The zero-order chi connectivity index (χ0) is 21.3. The van der Waals surface area contributed by atoms with Crippen LogP contribution in [-0.2, 0) is 11.3 Å². The molecule has 152 valence electrons. The number of nitrogens with zero attached hydrogens (tertiary/aromatic N) is 4. The van der Waals surface area contributed by atoms with Crippen LogP contribution in [0.5, 0.6) is 5.88 Å². The first-order chi connectivity index (χ1) is 13.7. The van der Waals surface area contributed by atoms with Crippen LogP contribution in [0.15, 0.2) is 51.6 Å². The number of nitrogens with one attached hydrogen (secondary N) is 1. The monoisotopic (exact) mass is 397 g/mol. The number of aromatic hydroxyl groups is 1. The highest BCUT2D eigenvalue weighted by Crippen LogP contribution is 2.34. The maximum atomic E-state index is 12.4. The fraction of sp³-hybridized carbons (Fsp3) is 0.300. The molecule has 1 aliphatic heterocycles. The summed E-state index contributed by atoms with van der Waals surface area (Å²) in [5.74, 6) is -0.790. The van der Waals surface area contributed by atoms with Gasteiger partial charge < -0.3 is 10.0 Å². The van der Waals surface area contributed by atoms with Gasteiger partial charge in [-0.05, 0) is 17.7 Å². The minimum absolute atomic E-state index is 0.0214. The van der Waals surface area contributed by atoms with Crippen LogP contribution in [0.1, 0.15) is 30.5 Å². The number of allylic oxidation sites excluding steroid dienone is 1. The largest absolute Gasteiger partial charge is 0.494 e. The van der Waals surface area contributed by atoms with Gasteiger partial charge in [-0.1, -0.05) is 18.2 Å². The number of aromatic nitrogens is 2. The summed E-state index contributed by atoms with van der Waals surface area (Å²) >= 11 is 0. The maximum Gasteiger partial charge on any atom is 0.331 e. The molecule has 2 aromatic rings. The number of carbonyl (C=O) groups is 1. The molecule has 3 rings (SSSR count). The first-order valence-corrected chi connectivity index (χ1v) is 9.06. The van der Waals surface area contributed by atoms with Crippen molar-refractivity contribution >= 4 is 17.3 Å². The van der Waals surface area contributed by atoms with Crippen LogP contribution in [0.2, 0.25) is 0 Å². The Kier molecular flexibility index (Phi) is 5.40. The van der Waals surface area contributed by atoms with E-state index in [4.69, 9.17) is 0 Å². The average Bonchev–Trinajstić information content (AvgIpc) is 3.10. The highest BCUT2D eigenvalue weighted by molar-refractivity contribution is 6.04. The van der Waals surface area contributed by atoms with Gasteiger partial charge in [0.05, 0.1) is 11.8 Å². The summed E-state index contributed by atoms with van der Waals surface area (Å²) in [6.07, 6.45) is 1.65. The van der Waals surface area contributed by atoms with Gasteiger partial charge in [0.2, 0.25) is 11.8 Å². The molecule has 0 aliphatic carbocycles. The highest BCUT2D eigenvalue weighted by Gasteiger charge is 2.34. The smallest absolute Gasteiger partial charge is 0.331 e. The SMILES string of the molecule is C=CCn1c(O)c(C2=NN(C(C)=O)C(c3ccc(N(C)C)cc3)C2)c(=O)[nH]c1=O. The topological polar surface area (TPSA) is 111 Å². The van der Waals surface area contributed by atoms with Crippen LogP contribution in [0.3, 0.4) is 0 Å². The number of anilines is 1.